The maximum absolute atomic E-state index is 10.7. The highest BCUT2D eigenvalue weighted by atomic mass is 16.6. The summed E-state index contributed by atoms with van der Waals surface area (Å²) in [7, 11) is 0. The molecular formula is C14H10N4O2. The summed E-state index contributed by atoms with van der Waals surface area (Å²) in [6.45, 7) is 0. The number of anilines is 1. The van der Waals surface area contributed by atoms with Crippen molar-refractivity contribution < 1.29 is 4.92 Å². The molecule has 0 spiro atoms. The Bertz CT molecular complexity index is 800. The van der Waals surface area contributed by atoms with E-state index >= 15 is 0 Å². The number of hydrogen-bond acceptors (Lipinski definition) is 5. The maximum Gasteiger partial charge on any atom is 0.269 e. The Hall–Kier alpha value is -3.02. The molecule has 3 aromatic rings. The number of rotatable bonds is 2. The Kier molecular flexibility index (Phi) is 2.76. The van der Waals surface area contributed by atoms with Gasteiger partial charge in [0.15, 0.2) is 5.65 Å². The van der Waals surface area contributed by atoms with Crippen LogP contribution in [0.3, 0.4) is 0 Å². The molecule has 0 saturated carbocycles. The van der Waals surface area contributed by atoms with Gasteiger partial charge in [-0.2, -0.15) is 0 Å². The number of nitrogens with zero attached hydrogens (tertiary/aromatic N) is 3. The molecule has 0 aliphatic rings. The van der Waals surface area contributed by atoms with E-state index in [4.69, 9.17) is 5.73 Å². The zero-order chi connectivity index (χ0) is 14.1. The Balaban J connectivity index is 2.13. The number of nitrogen functional groups attached to an aromatic ring is 1. The molecule has 0 amide bonds. The number of hydrogen-bond donors (Lipinski definition) is 1. The van der Waals surface area contributed by atoms with Gasteiger partial charge in [0.1, 0.15) is 5.82 Å². The van der Waals surface area contributed by atoms with E-state index < -0.39 is 4.92 Å². The molecule has 20 heavy (non-hydrogen) atoms. The van der Waals surface area contributed by atoms with Crippen molar-refractivity contribution in [3.63, 3.8) is 0 Å². The first-order chi connectivity index (χ1) is 9.65. The lowest BCUT2D eigenvalue weighted by Gasteiger charge is -2.06. The second-order valence-electron chi connectivity index (χ2n) is 4.28. The van der Waals surface area contributed by atoms with E-state index in [1.165, 1.54) is 12.1 Å². The monoisotopic (exact) mass is 266 g/mol. The first kappa shape index (κ1) is 12.0. The van der Waals surface area contributed by atoms with E-state index in [1.807, 2.05) is 18.2 Å². The molecule has 2 heterocycles. The fourth-order valence-electron chi connectivity index (χ4n) is 2.01. The number of non-ortho nitro benzene ring substituents is 1. The molecule has 98 valence electrons. The molecule has 6 heteroatoms. The van der Waals surface area contributed by atoms with Crippen LogP contribution in [0.5, 0.6) is 0 Å². The van der Waals surface area contributed by atoms with Gasteiger partial charge in [-0.1, -0.05) is 0 Å². The van der Waals surface area contributed by atoms with Crippen LogP contribution in [0.1, 0.15) is 0 Å². The zero-order valence-corrected chi connectivity index (χ0v) is 10.4. The fraction of sp³-hybridized carbons (Fsp3) is 0. The van der Waals surface area contributed by atoms with Gasteiger partial charge in [-0.15, -0.1) is 0 Å². The van der Waals surface area contributed by atoms with E-state index in [2.05, 4.69) is 9.97 Å². The second kappa shape index (κ2) is 4.58. The number of pyridine rings is 2. The molecule has 2 aromatic heterocycles. The number of nitro groups is 1. The minimum Gasteiger partial charge on any atom is -0.383 e. The lowest BCUT2D eigenvalue weighted by molar-refractivity contribution is -0.384. The highest BCUT2D eigenvalue weighted by Gasteiger charge is 2.09. The van der Waals surface area contributed by atoms with E-state index in [9.17, 15) is 10.1 Å². The largest absolute Gasteiger partial charge is 0.383 e. The number of nitro benzene ring substituents is 1. The van der Waals surface area contributed by atoms with Crippen LogP contribution in [0.4, 0.5) is 11.5 Å². The summed E-state index contributed by atoms with van der Waals surface area (Å²) in [6.07, 6.45) is 1.65. The molecular weight excluding hydrogens is 256 g/mol. The van der Waals surface area contributed by atoms with Crippen molar-refractivity contribution in [2.24, 2.45) is 0 Å². The van der Waals surface area contributed by atoms with Gasteiger partial charge in [-0.05, 0) is 35.9 Å². The van der Waals surface area contributed by atoms with Crippen molar-refractivity contribution in [3.05, 3.63) is 58.8 Å². The third kappa shape index (κ3) is 2.03. The predicted molar refractivity (Wildman–Crippen MR) is 76.0 cm³/mol. The number of benzene rings is 1. The molecule has 0 aliphatic heterocycles. The third-order valence-electron chi connectivity index (χ3n) is 3.01. The summed E-state index contributed by atoms with van der Waals surface area (Å²) in [5.41, 5.74) is 8.08. The Labute approximate surface area is 114 Å². The third-order valence-corrected chi connectivity index (χ3v) is 3.01. The van der Waals surface area contributed by atoms with E-state index in [0.29, 0.717) is 11.5 Å². The standard InChI is InChI=1S/C14H10N4O2/c15-13-12(8-10-2-1-7-16-14(10)17-13)9-3-5-11(6-4-9)18(19)20/h1-8H,(H2,15,16,17). The number of nitrogens with two attached hydrogens (primary N) is 1. The quantitative estimate of drug-likeness (QED) is 0.568. The molecule has 0 saturated heterocycles. The molecule has 0 fully saturated rings. The van der Waals surface area contributed by atoms with Crippen LogP contribution in [0.25, 0.3) is 22.2 Å². The Morgan fingerprint density at radius 2 is 1.90 bits per heavy atom. The van der Waals surface area contributed by atoms with Gasteiger partial charge in [-0.3, -0.25) is 10.1 Å². The molecule has 1 aromatic carbocycles. The van der Waals surface area contributed by atoms with Crippen LogP contribution in [-0.2, 0) is 0 Å². The average Bonchev–Trinajstić information content (AvgIpc) is 2.46. The molecule has 0 unspecified atom stereocenters. The predicted octanol–water partition coefficient (Wildman–Crippen LogP) is 2.79. The van der Waals surface area contributed by atoms with Gasteiger partial charge in [0.05, 0.1) is 4.92 Å². The topological polar surface area (TPSA) is 94.9 Å². The zero-order valence-electron chi connectivity index (χ0n) is 10.4. The van der Waals surface area contributed by atoms with Gasteiger partial charge in [-0.25, -0.2) is 9.97 Å². The van der Waals surface area contributed by atoms with E-state index in [-0.39, 0.29) is 5.69 Å². The summed E-state index contributed by atoms with van der Waals surface area (Å²) in [4.78, 5) is 18.6. The Morgan fingerprint density at radius 1 is 1.15 bits per heavy atom. The smallest absolute Gasteiger partial charge is 0.269 e. The van der Waals surface area contributed by atoms with Crippen LogP contribution >= 0.6 is 0 Å². The van der Waals surface area contributed by atoms with Crippen molar-refractivity contribution in [1.82, 2.24) is 9.97 Å². The van der Waals surface area contributed by atoms with Gasteiger partial charge < -0.3 is 5.73 Å². The first-order valence-electron chi connectivity index (χ1n) is 5.91. The lowest BCUT2D eigenvalue weighted by atomic mass is 10.0. The minimum atomic E-state index is -0.435. The molecule has 0 aliphatic carbocycles. The average molecular weight is 266 g/mol. The Morgan fingerprint density at radius 3 is 2.60 bits per heavy atom. The van der Waals surface area contributed by atoms with Crippen LogP contribution in [0, 0.1) is 10.1 Å². The molecule has 2 N–H and O–H groups in total. The summed E-state index contributed by atoms with van der Waals surface area (Å²) in [5, 5.41) is 11.5. The molecule has 0 radical (unpaired) electrons. The molecule has 0 atom stereocenters. The van der Waals surface area contributed by atoms with Gasteiger partial charge >= 0.3 is 0 Å². The maximum atomic E-state index is 10.7. The molecule has 3 rings (SSSR count). The van der Waals surface area contributed by atoms with Gasteiger partial charge in [0, 0.05) is 29.3 Å². The van der Waals surface area contributed by atoms with Crippen LogP contribution in [-0.4, -0.2) is 14.9 Å². The van der Waals surface area contributed by atoms with E-state index in [0.717, 1.165) is 16.5 Å². The summed E-state index contributed by atoms with van der Waals surface area (Å²) < 4.78 is 0. The minimum absolute atomic E-state index is 0.0442. The molecule has 0 bridgehead atoms. The SMILES string of the molecule is Nc1nc2ncccc2cc1-c1ccc([N+](=O)[O-])cc1. The number of aromatic nitrogens is 2. The second-order valence-corrected chi connectivity index (χ2v) is 4.28. The van der Waals surface area contributed by atoms with Crippen molar-refractivity contribution in [3.8, 4) is 11.1 Å². The van der Waals surface area contributed by atoms with Crippen LogP contribution in [0.2, 0.25) is 0 Å². The van der Waals surface area contributed by atoms with Gasteiger partial charge in [0.2, 0.25) is 0 Å². The summed E-state index contributed by atoms with van der Waals surface area (Å²) >= 11 is 0. The fourth-order valence-corrected chi connectivity index (χ4v) is 2.01. The van der Waals surface area contributed by atoms with Gasteiger partial charge in [0.25, 0.3) is 5.69 Å². The number of fused-ring (bicyclic) bond motifs is 1. The van der Waals surface area contributed by atoms with Crippen molar-refractivity contribution in [1.29, 1.82) is 0 Å². The van der Waals surface area contributed by atoms with Crippen LogP contribution < -0.4 is 5.73 Å². The summed E-state index contributed by atoms with van der Waals surface area (Å²) in [6, 6.07) is 11.8. The van der Waals surface area contributed by atoms with Crippen molar-refractivity contribution in [2.45, 2.75) is 0 Å². The highest BCUT2D eigenvalue weighted by Crippen LogP contribution is 2.28. The highest BCUT2D eigenvalue weighted by molar-refractivity contribution is 5.86. The van der Waals surface area contributed by atoms with E-state index in [1.54, 1.807) is 18.3 Å². The summed E-state index contributed by atoms with van der Waals surface area (Å²) in [5.74, 6) is 0.352. The van der Waals surface area contributed by atoms with Crippen molar-refractivity contribution >= 4 is 22.5 Å². The molecule has 6 nitrogen and oxygen atoms in total. The lowest BCUT2D eigenvalue weighted by Crippen LogP contribution is -1.96. The first-order valence-corrected chi connectivity index (χ1v) is 5.91. The normalized spacial score (nSPS) is 10.6. The van der Waals surface area contributed by atoms with Crippen LogP contribution in [0.15, 0.2) is 48.7 Å². The van der Waals surface area contributed by atoms with Crippen molar-refractivity contribution in [2.75, 3.05) is 5.73 Å².